The molecule has 1 heterocycles. The number of nitrogens with one attached hydrogen (secondary N) is 1. The van der Waals surface area contributed by atoms with Crippen LogP contribution in [-0.4, -0.2) is 54.5 Å². The van der Waals surface area contributed by atoms with E-state index >= 15 is 0 Å². The number of nitrogens with two attached hydrogens (primary N) is 1. The summed E-state index contributed by atoms with van der Waals surface area (Å²) in [6.07, 6.45) is 3.21. The van der Waals surface area contributed by atoms with Crippen LogP contribution < -0.4 is 15.8 Å². The number of likely N-dealkylation sites (tertiary alicyclic amines) is 1. The third-order valence-corrected chi connectivity index (χ3v) is 4.76. The highest BCUT2D eigenvalue weighted by atomic mass is 32.2. The van der Waals surface area contributed by atoms with Gasteiger partial charge in [-0.3, -0.25) is 9.59 Å². The molecule has 0 saturated carbocycles. The standard InChI is InChI=1S/C17H25N3O3S/c1-23-13-5-3-12(4-6-13)11-20-9-7-15(17(20)22)19-16(21)14(18)8-10-24-2/h3-6,14-15H,7-11,18H2,1-2H3,(H,19,21)/t14-,15?/m0/s1. The van der Waals surface area contributed by atoms with Crippen LogP contribution in [0.25, 0.3) is 0 Å². The Morgan fingerprint density at radius 1 is 1.46 bits per heavy atom. The Kier molecular flexibility index (Phi) is 6.93. The Morgan fingerprint density at radius 2 is 2.17 bits per heavy atom. The maximum Gasteiger partial charge on any atom is 0.245 e. The zero-order chi connectivity index (χ0) is 17.5. The van der Waals surface area contributed by atoms with Gasteiger partial charge in [0.25, 0.3) is 0 Å². The molecule has 2 amide bonds. The summed E-state index contributed by atoms with van der Waals surface area (Å²) in [5, 5.41) is 2.79. The minimum atomic E-state index is -0.555. The fraction of sp³-hybridized carbons (Fsp3) is 0.529. The monoisotopic (exact) mass is 351 g/mol. The molecule has 3 N–H and O–H groups in total. The predicted octanol–water partition coefficient (Wildman–Crippen LogP) is 0.993. The van der Waals surface area contributed by atoms with E-state index in [4.69, 9.17) is 10.5 Å². The molecule has 0 radical (unpaired) electrons. The molecule has 1 unspecified atom stereocenters. The first-order valence-corrected chi connectivity index (χ1v) is 9.41. The van der Waals surface area contributed by atoms with Crippen LogP contribution in [0.1, 0.15) is 18.4 Å². The van der Waals surface area contributed by atoms with Crippen LogP contribution in [0.5, 0.6) is 5.75 Å². The minimum Gasteiger partial charge on any atom is -0.497 e. The van der Waals surface area contributed by atoms with Gasteiger partial charge in [-0.2, -0.15) is 11.8 Å². The minimum absolute atomic E-state index is 0.0452. The average molecular weight is 351 g/mol. The van der Waals surface area contributed by atoms with Crippen LogP contribution in [0.15, 0.2) is 24.3 Å². The molecule has 0 aliphatic carbocycles. The van der Waals surface area contributed by atoms with Crippen LogP contribution in [-0.2, 0) is 16.1 Å². The van der Waals surface area contributed by atoms with Crippen LogP contribution in [0.3, 0.4) is 0 Å². The molecule has 0 aromatic heterocycles. The van der Waals surface area contributed by atoms with Crippen molar-refractivity contribution in [3.63, 3.8) is 0 Å². The van der Waals surface area contributed by atoms with Gasteiger partial charge in [-0.15, -0.1) is 0 Å². The fourth-order valence-corrected chi connectivity index (χ4v) is 3.13. The number of hydrogen-bond donors (Lipinski definition) is 2. The van der Waals surface area contributed by atoms with Gasteiger partial charge in [-0.1, -0.05) is 12.1 Å². The van der Waals surface area contributed by atoms with Gasteiger partial charge in [-0.05, 0) is 42.5 Å². The van der Waals surface area contributed by atoms with Gasteiger partial charge >= 0.3 is 0 Å². The first-order chi connectivity index (χ1) is 11.5. The van der Waals surface area contributed by atoms with Gasteiger partial charge in [-0.25, -0.2) is 0 Å². The van der Waals surface area contributed by atoms with Crippen LogP contribution in [0, 0.1) is 0 Å². The van der Waals surface area contributed by atoms with Crippen LogP contribution in [0.4, 0.5) is 0 Å². The van der Waals surface area contributed by atoms with Gasteiger partial charge < -0.3 is 20.7 Å². The second kappa shape index (κ2) is 8.94. The van der Waals surface area contributed by atoms with Crippen molar-refractivity contribution >= 4 is 23.6 Å². The molecule has 1 aromatic rings. The van der Waals surface area contributed by atoms with Crippen molar-refractivity contribution in [2.45, 2.75) is 31.5 Å². The average Bonchev–Trinajstić information content (AvgIpc) is 2.93. The number of methoxy groups -OCH3 is 1. The number of thioether (sulfide) groups is 1. The molecular formula is C17H25N3O3S. The van der Waals surface area contributed by atoms with Gasteiger partial charge in [0.05, 0.1) is 13.2 Å². The molecule has 2 atom stereocenters. The molecular weight excluding hydrogens is 326 g/mol. The van der Waals surface area contributed by atoms with Crippen molar-refractivity contribution in [3.05, 3.63) is 29.8 Å². The molecule has 1 fully saturated rings. The van der Waals surface area contributed by atoms with E-state index in [9.17, 15) is 9.59 Å². The molecule has 2 rings (SSSR count). The zero-order valence-corrected chi connectivity index (χ0v) is 15.0. The maximum absolute atomic E-state index is 12.4. The smallest absolute Gasteiger partial charge is 0.245 e. The Morgan fingerprint density at radius 3 is 2.79 bits per heavy atom. The van der Waals surface area contributed by atoms with E-state index in [1.54, 1.807) is 23.8 Å². The summed E-state index contributed by atoms with van der Waals surface area (Å²) in [6.45, 7) is 1.17. The highest BCUT2D eigenvalue weighted by molar-refractivity contribution is 7.98. The van der Waals surface area contributed by atoms with Crippen LogP contribution in [0.2, 0.25) is 0 Å². The van der Waals surface area contributed by atoms with Crippen molar-refractivity contribution < 1.29 is 14.3 Å². The molecule has 6 nitrogen and oxygen atoms in total. The fourth-order valence-electron chi connectivity index (χ4n) is 2.64. The molecule has 132 valence electrons. The number of nitrogens with zero attached hydrogens (tertiary/aromatic N) is 1. The third-order valence-electron chi connectivity index (χ3n) is 4.12. The van der Waals surface area contributed by atoms with Gasteiger partial charge in [0.15, 0.2) is 0 Å². The van der Waals surface area contributed by atoms with Crippen molar-refractivity contribution in [2.75, 3.05) is 25.7 Å². The molecule has 1 aromatic carbocycles. The van der Waals surface area contributed by atoms with Gasteiger partial charge in [0, 0.05) is 13.1 Å². The SMILES string of the molecule is COc1ccc(CN2CCC(NC(=O)[C@@H](N)CCSC)C2=O)cc1. The topological polar surface area (TPSA) is 84.7 Å². The molecule has 7 heteroatoms. The summed E-state index contributed by atoms with van der Waals surface area (Å²) in [5.41, 5.74) is 6.89. The number of hydrogen-bond acceptors (Lipinski definition) is 5. The Hall–Kier alpha value is -1.73. The summed E-state index contributed by atoms with van der Waals surface area (Å²) >= 11 is 1.65. The first kappa shape index (κ1) is 18.6. The van der Waals surface area contributed by atoms with Crippen molar-refractivity contribution in [3.8, 4) is 5.75 Å². The highest BCUT2D eigenvalue weighted by Crippen LogP contribution is 2.17. The molecule has 1 saturated heterocycles. The molecule has 0 bridgehead atoms. The number of rotatable bonds is 8. The third kappa shape index (κ3) is 4.88. The Balaban J connectivity index is 1.86. The second-order valence-corrected chi connectivity index (χ2v) is 6.83. The van der Waals surface area contributed by atoms with Gasteiger partial charge in [0.2, 0.25) is 11.8 Å². The summed E-state index contributed by atoms with van der Waals surface area (Å²) < 4.78 is 5.13. The van der Waals surface area contributed by atoms with Crippen LogP contribution >= 0.6 is 11.8 Å². The summed E-state index contributed by atoms with van der Waals surface area (Å²) in [4.78, 5) is 26.3. The Bertz CT molecular complexity index is 565. The summed E-state index contributed by atoms with van der Waals surface area (Å²) in [5.74, 6) is 1.33. The lowest BCUT2D eigenvalue weighted by atomic mass is 10.2. The first-order valence-electron chi connectivity index (χ1n) is 8.01. The van der Waals surface area contributed by atoms with E-state index in [1.807, 2.05) is 30.5 Å². The number of amides is 2. The maximum atomic E-state index is 12.4. The lowest BCUT2D eigenvalue weighted by Gasteiger charge is -2.18. The number of benzene rings is 1. The second-order valence-electron chi connectivity index (χ2n) is 5.85. The van der Waals surface area contributed by atoms with E-state index in [0.29, 0.717) is 25.9 Å². The molecule has 24 heavy (non-hydrogen) atoms. The largest absolute Gasteiger partial charge is 0.497 e. The number of carbonyl (C=O) groups excluding carboxylic acids is 2. The lowest BCUT2D eigenvalue weighted by molar-refractivity contribution is -0.133. The molecule has 1 aliphatic heterocycles. The lowest BCUT2D eigenvalue weighted by Crippen LogP contribution is -2.48. The van der Waals surface area contributed by atoms with E-state index in [1.165, 1.54) is 0 Å². The summed E-state index contributed by atoms with van der Waals surface area (Å²) in [7, 11) is 1.62. The normalized spacial score (nSPS) is 18.5. The summed E-state index contributed by atoms with van der Waals surface area (Å²) in [6, 6.07) is 6.61. The van der Waals surface area contributed by atoms with Crippen molar-refractivity contribution in [1.82, 2.24) is 10.2 Å². The number of ether oxygens (including phenoxy) is 1. The predicted molar refractivity (Wildman–Crippen MR) is 95.9 cm³/mol. The van der Waals surface area contributed by atoms with Crippen molar-refractivity contribution in [2.24, 2.45) is 5.73 Å². The molecule has 1 aliphatic rings. The molecule has 0 spiro atoms. The quantitative estimate of drug-likeness (QED) is 0.730. The van der Waals surface area contributed by atoms with Gasteiger partial charge in [0.1, 0.15) is 11.8 Å². The van der Waals surface area contributed by atoms with E-state index in [2.05, 4.69) is 5.32 Å². The Labute approximate surface area is 147 Å². The van der Waals surface area contributed by atoms with E-state index < -0.39 is 12.1 Å². The van der Waals surface area contributed by atoms with Crippen molar-refractivity contribution in [1.29, 1.82) is 0 Å². The van der Waals surface area contributed by atoms with E-state index in [0.717, 1.165) is 17.1 Å². The zero-order valence-electron chi connectivity index (χ0n) is 14.2. The van der Waals surface area contributed by atoms with E-state index in [-0.39, 0.29) is 11.8 Å². The highest BCUT2D eigenvalue weighted by Gasteiger charge is 2.33. The number of carbonyl (C=O) groups is 2.